The van der Waals surface area contributed by atoms with Gasteiger partial charge >= 0.3 is 0 Å². The Labute approximate surface area is 159 Å². The second-order valence-electron chi connectivity index (χ2n) is 5.86. The Balaban J connectivity index is 1.45. The number of hydrogen-bond acceptors (Lipinski definition) is 5. The molecule has 3 heterocycles. The van der Waals surface area contributed by atoms with E-state index in [1.165, 1.54) is 16.2 Å². The molecular formula is C19H18N2OS3. The maximum Gasteiger partial charge on any atom is 0.273 e. The smallest absolute Gasteiger partial charge is 0.273 e. The lowest BCUT2D eigenvalue weighted by molar-refractivity contribution is 0.0761. The molecule has 0 aliphatic carbocycles. The number of thiazole rings is 1. The van der Waals surface area contributed by atoms with Crippen molar-refractivity contribution in [1.29, 1.82) is 0 Å². The highest BCUT2D eigenvalue weighted by Gasteiger charge is 2.24. The average molecular weight is 387 g/mol. The molecule has 0 radical (unpaired) electrons. The van der Waals surface area contributed by atoms with Crippen LogP contribution in [0.2, 0.25) is 0 Å². The highest BCUT2D eigenvalue weighted by molar-refractivity contribution is 7.99. The second kappa shape index (κ2) is 7.72. The van der Waals surface area contributed by atoms with Gasteiger partial charge in [0.2, 0.25) is 0 Å². The molecule has 0 saturated carbocycles. The minimum Gasteiger partial charge on any atom is -0.336 e. The molecule has 1 aromatic carbocycles. The third-order valence-electron chi connectivity index (χ3n) is 4.23. The van der Waals surface area contributed by atoms with Crippen molar-refractivity contribution < 1.29 is 4.79 Å². The van der Waals surface area contributed by atoms with Crippen LogP contribution >= 0.6 is 34.4 Å². The predicted octanol–water partition coefficient (Wildman–Crippen LogP) is 5.19. The van der Waals surface area contributed by atoms with Crippen molar-refractivity contribution in [1.82, 2.24) is 9.88 Å². The van der Waals surface area contributed by atoms with Gasteiger partial charge in [-0.1, -0.05) is 36.4 Å². The van der Waals surface area contributed by atoms with Crippen LogP contribution in [0.3, 0.4) is 0 Å². The Morgan fingerprint density at radius 3 is 2.76 bits per heavy atom. The van der Waals surface area contributed by atoms with Crippen molar-refractivity contribution in [3.63, 3.8) is 0 Å². The summed E-state index contributed by atoms with van der Waals surface area (Å²) in [4.78, 5) is 20.8. The van der Waals surface area contributed by atoms with E-state index in [-0.39, 0.29) is 5.91 Å². The van der Waals surface area contributed by atoms with Crippen molar-refractivity contribution >= 4 is 40.3 Å². The summed E-state index contributed by atoms with van der Waals surface area (Å²) in [5.74, 6) is 1.04. The number of nitrogens with zero attached hydrogens (tertiary/aromatic N) is 2. The van der Waals surface area contributed by atoms with Crippen molar-refractivity contribution in [2.45, 2.75) is 11.7 Å². The van der Waals surface area contributed by atoms with Crippen molar-refractivity contribution in [3.8, 4) is 10.6 Å². The minimum absolute atomic E-state index is 0.0610. The van der Waals surface area contributed by atoms with E-state index in [0.29, 0.717) is 10.9 Å². The molecule has 1 amide bonds. The maximum atomic E-state index is 12.9. The van der Waals surface area contributed by atoms with Gasteiger partial charge in [-0.2, -0.15) is 11.8 Å². The lowest BCUT2D eigenvalue weighted by atomic mass is 10.2. The molecule has 1 saturated heterocycles. The van der Waals surface area contributed by atoms with Crippen LogP contribution in [0.1, 0.15) is 27.0 Å². The summed E-state index contributed by atoms with van der Waals surface area (Å²) < 4.78 is 0. The molecule has 1 aliphatic rings. The minimum atomic E-state index is 0.0610. The fourth-order valence-electron chi connectivity index (χ4n) is 2.92. The molecule has 4 rings (SSSR count). The van der Waals surface area contributed by atoms with Crippen LogP contribution in [0.4, 0.5) is 0 Å². The van der Waals surface area contributed by atoms with Crippen LogP contribution in [-0.4, -0.2) is 34.6 Å². The van der Waals surface area contributed by atoms with E-state index in [4.69, 9.17) is 0 Å². The van der Waals surface area contributed by atoms with Gasteiger partial charge in [-0.25, -0.2) is 4.98 Å². The van der Waals surface area contributed by atoms with Gasteiger partial charge in [-0.05, 0) is 17.9 Å². The van der Waals surface area contributed by atoms with Gasteiger partial charge < -0.3 is 4.90 Å². The van der Waals surface area contributed by atoms with E-state index in [0.717, 1.165) is 35.8 Å². The molecule has 2 aromatic heterocycles. The van der Waals surface area contributed by atoms with E-state index in [9.17, 15) is 4.79 Å². The summed E-state index contributed by atoms with van der Waals surface area (Å²) in [5.41, 5.74) is 1.64. The Bertz CT molecular complexity index is 829. The molecule has 6 heteroatoms. The van der Waals surface area contributed by atoms with Crippen LogP contribution in [0.15, 0.2) is 53.2 Å². The normalized spacial score (nSPS) is 18.1. The predicted molar refractivity (Wildman–Crippen MR) is 108 cm³/mol. The zero-order chi connectivity index (χ0) is 17.1. The molecule has 0 bridgehead atoms. The molecule has 1 fully saturated rings. The Hall–Kier alpha value is -1.63. The fraction of sp³-hybridized carbons (Fsp3) is 0.263. The number of aromatic nitrogens is 1. The lowest BCUT2D eigenvalue weighted by Gasteiger charge is -2.19. The topological polar surface area (TPSA) is 33.2 Å². The first-order valence-electron chi connectivity index (χ1n) is 8.26. The highest BCUT2D eigenvalue weighted by Crippen LogP contribution is 2.37. The van der Waals surface area contributed by atoms with Crippen LogP contribution in [-0.2, 0) is 0 Å². The van der Waals surface area contributed by atoms with Crippen molar-refractivity contribution in [2.75, 3.05) is 18.8 Å². The van der Waals surface area contributed by atoms with Crippen LogP contribution in [0.5, 0.6) is 0 Å². The number of thioether (sulfide) groups is 1. The number of amides is 1. The Morgan fingerprint density at radius 1 is 1.08 bits per heavy atom. The van der Waals surface area contributed by atoms with Crippen molar-refractivity contribution in [3.05, 3.63) is 63.8 Å². The zero-order valence-electron chi connectivity index (χ0n) is 13.6. The lowest BCUT2D eigenvalue weighted by Crippen LogP contribution is -2.33. The Morgan fingerprint density at radius 2 is 1.96 bits per heavy atom. The molecule has 3 nitrogen and oxygen atoms in total. The largest absolute Gasteiger partial charge is 0.336 e. The quantitative estimate of drug-likeness (QED) is 0.621. The summed E-state index contributed by atoms with van der Waals surface area (Å²) in [6.45, 7) is 1.59. The number of rotatable bonds is 3. The van der Waals surface area contributed by atoms with Gasteiger partial charge in [0.05, 0.1) is 0 Å². The van der Waals surface area contributed by atoms with Crippen LogP contribution < -0.4 is 0 Å². The SMILES string of the molecule is O=C(c1csc(-c2ccccc2)n1)N1CCS[C@@H](c2cccs2)CC1. The number of hydrogen-bond donors (Lipinski definition) is 0. The summed E-state index contributed by atoms with van der Waals surface area (Å²) in [6, 6.07) is 14.3. The van der Waals surface area contributed by atoms with E-state index in [1.54, 1.807) is 0 Å². The number of thiophene rings is 1. The first-order chi connectivity index (χ1) is 12.3. The molecule has 0 N–H and O–H groups in total. The standard InChI is InChI=1S/C19H18N2OS3/c22-19(15-13-25-18(20-15)14-5-2-1-3-6-14)21-9-8-17(24-12-10-21)16-7-4-11-23-16/h1-7,11,13,17H,8-10,12H2/t17-/m1/s1. The monoisotopic (exact) mass is 386 g/mol. The van der Waals surface area contributed by atoms with E-state index < -0.39 is 0 Å². The summed E-state index contributed by atoms with van der Waals surface area (Å²) >= 11 is 5.31. The zero-order valence-corrected chi connectivity index (χ0v) is 16.1. The molecule has 0 spiro atoms. The third kappa shape index (κ3) is 3.81. The number of carbonyl (C=O) groups excluding carboxylic acids is 1. The number of carbonyl (C=O) groups is 1. The first kappa shape index (κ1) is 16.8. The molecule has 3 aromatic rings. The van der Waals surface area contributed by atoms with E-state index >= 15 is 0 Å². The van der Waals surface area contributed by atoms with Gasteiger partial charge in [-0.3, -0.25) is 4.79 Å². The highest BCUT2D eigenvalue weighted by atomic mass is 32.2. The van der Waals surface area contributed by atoms with Gasteiger partial charge in [-0.15, -0.1) is 22.7 Å². The molecule has 1 atom stereocenters. The van der Waals surface area contributed by atoms with Crippen molar-refractivity contribution in [2.24, 2.45) is 0 Å². The summed E-state index contributed by atoms with van der Waals surface area (Å²) in [5, 5.41) is 5.43. The molecule has 25 heavy (non-hydrogen) atoms. The number of benzene rings is 1. The van der Waals surface area contributed by atoms with Gasteiger partial charge in [0.25, 0.3) is 5.91 Å². The van der Waals surface area contributed by atoms with Crippen LogP contribution in [0.25, 0.3) is 10.6 Å². The maximum absolute atomic E-state index is 12.9. The van der Waals surface area contributed by atoms with Gasteiger partial charge in [0.15, 0.2) is 0 Å². The van der Waals surface area contributed by atoms with E-state index in [2.05, 4.69) is 22.5 Å². The summed E-state index contributed by atoms with van der Waals surface area (Å²) in [6.07, 6.45) is 1.01. The first-order valence-corrected chi connectivity index (χ1v) is 11.1. The van der Waals surface area contributed by atoms with Gasteiger partial charge in [0.1, 0.15) is 10.7 Å². The van der Waals surface area contributed by atoms with Crippen LogP contribution in [0, 0.1) is 0 Å². The molecule has 1 aliphatic heterocycles. The van der Waals surface area contributed by atoms with E-state index in [1.807, 2.05) is 63.7 Å². The van der Waals surface area contributed by atoms with Gasteiger partial charge in [0, 0.05) is 39.9 Å². The fourth-order valence-corrected chi connectivity index (χ4v) is 5.96. The Kier molecular flexibility index (Phi) is 5.20. The molecule has 0 unspecified atom stereocenters. The third-order valence-corrected chi connectivity index (χ3v) is 7.57. The second-order valence-corrected chi connectivity index (χ2v) is 9.01. The molecular weight excluding hydrogens is 368 g/mol. The average Bonchev–Trinajstić information content (AvgIpc) is 3.30. The molecule has 128 valence electrons. The summed E-state index contributed by atoms with van der Waals surface area (Å²) in [7, 11) is 0.